The Bertz CT molecular complexity index is 891. The Labute approximate surface area is 140 Å². The molecule has 4 rings (SSSR count). The van der Waals surface area contributed by atoms with Crippen LogP contribution < -0.4 is 0 Å². The van der Waals surface area contributed by atoms with E-state index in [4.69, 9.17) is 4.74 Å². The molecular formula is C20H16N2O2. The first-order valence-corrected chi connectivity index (χ1v) is 7.82. The number of phenols is 1. The van der Waals surface area contributed by atoms with Gasteiger partial charge in [-0.05, 0) is 29.8 Å². The molecule has 0 unspecified atom stereocenters. The zero-order valence-electron chi connectivity index (χ0n) is 13.0. The Kier molecular flexibility index (Phi) is 3.71. The van der Waals surface area contributed by atoms with Crippen LogP contribution in [0.15, 0.2) is 77.8 Å². The molecule has 1 aromatic heterocycles. The minimum atomic E-state index is -0.00298. The van der Waals surface area contributed by atoms with Crippen LogP contribution in [0.1, 0.15) is 17.3 Å². The number of aliphatic imine (C=N–C) groups is 1. The number of benzene rings is 2. The van der Waals surface area contributed by atoms with E-state index in [1.54, 1.807) is 12.1 Å². The Morgan fingerprint density at radius 1 is 0.833 bits per heavy atom. The van der Waals surface area contributed by atoms with Crippen molar-refractivity contribution in [3.63, 3.8) is 0 Å². The summed E-state index contributed by atoms with van der Waals surface area (Å²) in [5.41, 5.74) is 3.19. The number of nitrogens with zero attached hydrogens (tertiary/aromatic N) is 2. The number of aromatic nitrogens is 1. The van der Waals surface area contributed by atoms with Crippen molar-refractivity contribution in [1.29, 1.82) is 0 Å². The number of rotatable bonds is 3. The average molecular weight is 316 g/mol. The molecule has 0 amide bonds. The number of ether oxygens (including phenoxy) is 1. The molecular weight excluding hydrogens is 300 g/mol. The molecule has 1 aliphatic heterocycles. The molecule has 1 aliphatic rings. The molecule has 0 spiro atoms. The van der Waals surface area contributed by atoms with Crippen molar-refractivity contribution >= 4 is 5.90 Å². The lowest BCUT2D eigenvalue weighted by atomic mass is 10.1. The smallest absolute Gasteiger partial charge is 0.236 e. The molecule has 0 aliphatic carbocycles. The van der Waals surface area contributed by atoms with Gasteiger partial charge in [-0.2, -0.15) is 0 Å². The second-order valence-electron chi connectivity index (χ2n) is 5.60. The van der Waals surface area contributed by atoms with Crippen LogP contribution in [0.3, 0.4) is 0 Å². The van der Waals surface area contributed by atoms with Gasteiger partial charge in [0.15, 0.2) is 0 Å². The van der Waals surface area contributed by atoms with Crippen molar-refractivity contribution in [2.45, 2.75) is 6.04 Å². The summed E-state index contributed by atoms with van der Waals surface area (Å²) in [6.07, 6.45) is 0. The molecule has 4 heteroatoms. The summed E-state index contributed by atoms with van der Waals surface area (Å²) in [4.78, 5) is 9.25. The van der Waals surface area contributed by atoms with Crippen molar-refractivity contribution in [2.24, 2.45) is 4.99 Å². The molecule has 1 N–H and O–H groups in total. The topological polar surface area (TPSA) is 54.7 Å². The predicted molar refractivity (Wildman–Crippen MR) is 93.0 cm³/mol. The van der Waals surface area contributed by atoms with Crippen molar-refractivity contribution in [2.75, 3.05) is 6.61 Å². The molecule has 0 saturated heterocycles. The number of aromatic hydroxyl groups is 1. The summed E-state index contributed by atoms with van der Waals surface area (Å²) in [5.74, 6) is 0.750. The van der Waals surface area contributed by atoms with Gasteiger partial charge in [-0.1, -0.05) is 48.5 Å². The van der Waals surface area contributed by atoms with E-state index < -0.39 is 0 Å². The van der Waals surface area contributed by atoms with Gasteiger partial charge in [-0.3, -0.25) is 0 Å². The van der Waals surface area contributed by atoms with Gasteiger partial charge in [-0.15, -0.1) is 0 Å². The zero-order chi connectivity index (χ0) is 16.4. The normalized spacial score (nSPS) is 16.5. The first-order chi connectivity index (χ1) is 11.8. The van der Waals surface area contributed by atoms with Gasteiger partial charge in [0.1, 0.15) is 24.1 Å². The minimum Gasteiger partial charge on any atom is -0.507 e. The molecule has 2 aromatic carbocycles. The number of hydrogen-bond donors (Lipinski definition) is 1. The van der Waals surface area contributed by atoms with Gasteiger partial charge >= 0.3 is 0 Å². The molecule has 1 atom stereocenters. The summed E-state index contributed by atoms with van der Waals surface area (Å²) in [6, 6.07) is 22.9. The summed E-state index contributed by atoms with van der Waals surface area (Å²) in [5, 5.41) is 10.0. The number of phenolic OH excluding ortho intramolecular Hbond substituents is 1. The van der Waals surface area contributed by atoms with Gasteiger partial charge in [0, 0.05) is 5.56 Å². The van der Waals surface area contributed by atoms with Crippen molar-refractivity contribution < 1.29 is 9.84 Å². The molecule has 4 nitrogen and oxygen atoms in total. The Hall–Kier alpha value is -3.14. The Balaban J connectivity index is 1.66. The lowest BCUT2D eigenvalue weighted by Gasteiger charge is -2.06. The highest BCUT2D eigenvalue weighted by Gasteiger charge is 2.22. The van der Waals surface area contributed by atoms with E-state index in [-0.39, 0.29) is 11.8 Å². The Morgan fingerprint density at radius 2 is 1.58 bits per heavy atom. The molecule has 0 saturated carbocycles. The predicted octanol–water partition coefficient (Wildman–Crippen LogP) is 3.97. The van der Waals surface area contributed by atoms with Crippen LogP contribution in [0.5, 0.6) is 5.75 Å². The molecule has 3 aromatic rings. The molecule has 2 heterocycles. The second-order valence-corrected chi connectivity index (χ2v) is 5.60. The summed E-state index contributed by atoms with van der Waals surface area (Å²) < 4.78 is 5.75. The SMILES string of the molecule is Oc1ccccc1-c1cccc(C2=N[C@H](c3ccccc3)CO2)n1. The quantitative estimate of drug-likeness (QED) is 0.795. The maximum Gasteiger partial charge on any atom is 0.236 e. The first-order valence-electron chi connectivity index (χ1n) is 7.82. The van der Waals surface area contributed by atoms with E-state index in [1.807, 2.05) is 60.7 Å². The van der Waals surface area contributed by atoms with Crippen LogP contribution in [0, 0.1) is 0 Å². The van der Waals surface area contributed by atoms with Crippen LogP contribution in [0.25, 0.3) is 11.3 Å². The van der Waals surface area contributed by atoms with E-state index in [1.165, 1.54) is 0 Å². The second kappa shape index (κ2) is 6.16. The third-order valence-electron chi connectivity index (χ3n) is 3.98. The van der Waals surface area contributed by atoms with Gasteiger partial charge in [0.25, 0.3) is 0 Å². The van der Waals surface area contributed by atoms with Gasteiger partial charge < -0.3 is 9.84 Å². The van der Waals surface area contributed by atoms with Crippen molar-refractivity contribution in [3.05, 3.63) is 84.1 Å². The maximum absolute atomic E-state index is 10.0. The van der Waals surface area contributed by atoms with E-state index in [0.29, 0.717) is 29.5 Å². The standard InChI is InChI=1S/C20H16N2O2/c23-19-12-5-4-9-15(19)16-10-6-11-17(21-16)20-22-18(13-24-20)14-7-2-1-3-8-14/h1-12,18,23H,13H2/t18-/m0/s1. The van der Waals surface area contributed by atoms with Gasteiger partial charge in [-0.25, -0.2) is 9.98 Å². The van der Waals surface area contributed by atoms with Crippen molar-refractivity contribution in [1.82, 2.24) is 4.98 Å². The van der Waals surface area contributed by atoms with E-state index in [2.05, 4.69) is 9.98 Å². The third-order valence-corrected chi connectivity index (χ3v) is 3.98. The fourth-order valence-corrected chi connectivity index (χ4v) is 2.75. The summed E-state index contributed by atoms with van der Waals surface area (Å²) in [7, 11) is 0. The third kappa shape index (κ3) is 2.74. The maximum atomic E-state index is 10.0. The van der Waals surface area contributed by atoms with E-state index >= 15 is 0 Å². The van der Waals surface area contributed by atoms with Crippen molar-refractivity contribution in [3.8, 4) is 17.0 Å². The Morgan fingerprint density at radius 3 is 2.42 bits per heavy atom. The van der Waals surface area contributed by atoms with E-state index in [0.717, 1.165) is 5.56 Å². The van der Waals surface area contributed by atoms with Crippen LogP contribution in [0.4, 0.5) is 0 Å². The molecule has 0 radical (unpaired) electrons. The highest BCUT2D eigenvalue weighted by Crippen LogP contribution is 2.28. The highest BCUT2D eigenvalue weighted by atomic mass is 16.5. The average Bonchev–Trinajstić information content (AvgIpc) is 3.13. The molecule has 24 heavy (non-hydrogen) atoms. The fourth-order valence-electron chi connectivity index (χ4n) is 2.75. The number of hydrogen-bond acceptors (Lipinski definition) is 4. The number of pyridine rings is 1. The van der Waals surface area contributed by atoms with Crippen LogP contribution in [0.2, 0.25) is 0 Å². The highest BCUT2D eigenvalue weighted by molar-refractivity contribution is 5.94. The van der Waals surface area contributed by atoms with Gasteiger partial charge in [0.05, 0.1) is 5.69 Å². The van der Waals surface area contributed by atoms with Gasteiger partial charge in [0.2, 0.25) is 5.90 Å². The van der Waals surface area contributed by atoms with E-state index in [9.17, 15) is 5.11 Å². The number of para-hydroxylation sites is 1. The van der Waals surface area contributed by atoms with Crippen LogP contribution >= 0.6 is 0 Å². The molecule has 118 valence electrons. The van der Waals surface area contributed by atoms with Crippen LogP contribution in [-0.4, -0.2) is 22.6 Å². The first kappa shape index (κ1) is 14.5. The lowest BCUT2D eigenvalue weighted by Crippen LogP contribution is -2.04. The summed E-state index contributed by atoms with van der Waals surface area (Å²) >= 11 is 0. The van der Waals surface area contributed by atoms with Crippen LogP contribution in [-0.2, 0) is 4.74 Å². The minimum absolute atomic E-state index is 0.00298. The molecule has 0 bridgehead atoms. The lowest BCUT2D eigenvalue weighted by molar-refractivity contribution is 0.319. The summed E-state index contributed by atoms with van der Waals surface area (Å²) in [6.45, 7) is 0.516. The largest absolute Gasteiger partial charge is 0.507 e. The fraction of sp³-hybridized carbons (Fsp3) is 0.100. The monoisotopic (exact) mass is 316 g/mol. The molecule has 0 fully saturated rings. The zero-order valence-corrected chi connectivity index (χ0v) is 13.0.